The van der Waals surface area contributed by atoms with Crippen LogP contribution in [-0.4, -0.2) is 66.2 Å². The Balaban J connectivity index is 2.06. The average molecular weight is 293 g/mol. The van der Waals surface area contributed by atoms with Crippen LogP contribution in [0.4, 0.5) is 0 Å². The quantitative estimate of drug-likeness (QED) is 0.813. The number of halogens is 1. The molecule has 6 nitrogen and oxygen atoms in total. The SMILES string of the molecule is O=S(=O)(c1cnc[nH]1)N1CCCN(CCCl)CC1. The van der Waals surface area contributed by atoms with Crippen LogP contribution in [-0.2, 0) is 10.0 Å². The first-order chi connectivity index (χ1) is 8.64. The molecule has 1 saturated heterocycles. The number of aromatic nitrogens is 2. The van der Waals surface area contributed by atoms with E-state index < -0.39 is 10.0 Å². The smallest absolute Gasteiger partial charge is 0.260 e. The molecule has 2 heterocycles. The van der Waals surface area contributed by atoms with Gasteiger partial charge in [0, 0.05) is 32.1 Å². The molecule has 8 heteroatoms. The van der Waals surface area contributed by atoms with Crippen LogP contribution in [0.1, 0.15) is 6.42 Å². The van der Waals surface area contributed by atoms with Crippen molar-refractivity contribution in [2.75, 3.05) is 38.6 Å². The van der Waals surface area contributed by atoms with E-state index in [-0.39, 0.29) is 5.03 Å². The van der Waals surface area contributed by atoms with Crippen LogP contribution in [0, 0.1) is 0 Å². The average Bonchev–Trinajstić information content (AvgIpc) is 2.78. The molecule has 102 valence electrons. The summed E-state index contributed by atoms with van der Waals surface area (Å²) in [6.07, 6.45) is 3.55. The largest absolute Gasteiger partial charge is 0.335 e. The van der Waals surface area contributed by atoms with Gasteiger partial charge in [0.05, 0.1) is 12.5 Å². The maximum absolute atomic E-state index is 12.3. The summed E-state index contributed by atoms with van der Waals surface area (Å²) in [5.74, 6) is 0.577. The van der Waals surface area contributed by atoms with Crippen molar-refractivity contribution in [3.63, 3.8) is 0 Å². The third-order valence-electron chi connectivity index (χ3n) is 3.04. The summed E-state index contributed by atoms with van der Waals surface area (Å²) >= 11 is 5.71. The van der Waals surface area contributed by atoms with Crippen LogP contribution in [0.3, 0.4) is 0 Å². The van der Waals surface area contributed by atoms with E-state index in [1.165, 1.54) is 16.8 Å². The van der Waals surface area contributed by atoms with E-state index in [0.29, 0.717) is 19.0 Å². The highest BCUT2D eigenvalue weighted by Crippen LogP contribution is 2.14. The predicted molar refractivity (Wildman–Crippen MR) is 69.1 cm³/mol. The topological polar surface area (TPSA) is 69.3 Å². The number of nitrogens with one attached hydrogen (secondary N) is 1. The predicted octanol–water partition coefficient (Wildman–Crippen LogP) is 0.345. The molecule has 1 aromatic rings. The lowest BCUT2D eigenvalue weighted by atomic mass is 10.4. The second-order valence-electron chi connectivity index (χ2n) is 4.20. The number of sulfonamides is 1. The third-order valence-corrected chi connectivity index (χ3v) is 5.03. The van der Waals surface area contributed by atoms with Crippen molar-refractivity contribution < 1.29 is 8.42 Å². The lowest BCUT2D eigenvalue weighted by molar-refractivity contribution is 0.303. The number of H-pyrrole nitrogens is 1. The fourth-order valence-electron chi connectivity index (χ4n) is 2.05. The lowest BCUT2D eigenvalue weighted by Crippen LogP contribution is -2.35. The number of hydrogen-bond acceptors (Lipinski definition) is 4. The Kier molecular flexibility index (Phi) is 4.60. The summed E-state index contributed by atoms with van der Waals surface area (Å²) in [5, 5.41) is 0.160. The fraction of sp³-hybridized carbons (Fsp3) is 0.700. The summed E-state index contributed by atoms with van der Waals surface area (Å²) in [6.45, 7) is 3.46. The molecule has 0 atom stereocenters. The van der Waals surface area contributed by atoms with Gasteiger partial charge in [-0.2, -0.15) is 4.31 Å². The first-order valence-electron chi connectivity index (χ1n) is 5.91. The van der Waals surface area contributed by atoms with Crippen molar-refractivity contribution in [1.82, 2.24) is 19.2 Å². The Hall–Kier alpha value is -0.630. The van der Waals surface area contributed by atoms with E-state index in [1.54, 1.807) is 0 Å². The summed E-state index contributed by atoms with van der Waals surface area (Å²) in [6, 6.07) is 0. The summed E-state index contributed by atoms with van der Waals surface area (Å²) in [5.41, 5.74) is 0. The lowest BCUT2D eigenvalue weighted by Gasteiger charge is -2.20. The Morgan fingerprint density at radius 3 is 2.83 bits per heavy atom. The number of nitrogens with zero attached hydrogens (tertiary/aromatic N) is 3. The standard InChI is InChI=1S/C10H17ClN4O2S/c11-2-5-14-3-1-4-15(7-6-14)18(16,17)10-8-12-9-13-10/h8-9H,1-7H2,(H,12,13). The molecule has 18 heavy (non-hydrogen) atoms. The van der Waals surface area contributed by atoms with Gasteiger partial charge in [-0.05, 0) is 13.0 Å². The molecule has 1 aliphatic rings. The molecule has 0 amide bonds. The molecule has 0 saturated carbocycles. The minimum atomic E-state index is -3.42. The van der Waals surface area contributed by atoms with Gasteiger partial charge in [0.15, 0.2) is 5.03 Å². The van der Waals surface area contributed by atoms with E-state index in [0.717, 1.165) is 26.1 Å². The summed E-state index contributed by atoms with van der Waals surface area (Å²) in [7, 11) is -3.42. The highest BCUT2D eigenvalue weighted by molar-refractivity contribution is 7.89. The molecule has 0 unspecified atom stereocenters. The maximum Gasteiger partial charge on any atom is 0.260 e. The molecular weight excluding hydrogens is 276 g/mol. The monoisotopic (exact) mass is 292 g/mol. The summed E-state index contributed by atoms with van der Waals surface area (Å²) in [4.78, 5) is 8.61. The Morgan fingerprint density at radius 2 is 2.17 bits per heavy atom. The van der Waals surface area contributed by atoms with Gasteiger partial charge in [-0.3, -0.25) is 0 Å². The first kappa shape index (κ1) is 13.8. The summed E-state index contributed by atoms with van der Waals surface area (Å²) < 4.78 is 26.1. The highest BCUT2D eigenvalue weighted by atomic mass is 35.5. The van der Waals surface area contributed by atoms with Gasteiger partial charge in [0.25, 0.3) is 10.0 Å². The van der Waals surface area contributed by atoms with Gasteiger partial charge in [0.2, 0.25) is 0 Å². The maximum atomic E-state index is 12.3. The molecule has 0 aliphatic carbocycles. The van der Waals surface area contributed by atoms with Crippen molar-refractivity contribution in [3.05, 3.63) is 12.5 Å². The van der Waals surface area contributed by atoms with Gasteiger partial charge < -0.3 is 9.88 Å². The highest BCUT2D eigenvalue weighted by Gasteiger charge is 2.27. The second-order valence-corrected chi connectivity index (χ2v) is 6.49. The number of alkyl halides is 1. The third kappa shape index (κ3) is 3.03. The molecule has 0 spiro atoms. The van der Waals surface area contributed by atoms with Crippen LogP contribution < -0.4 is 0 Å². The normalized spacial score (nSPS) is 19.8. The zero-order valence-electron chi connectivity index (χ0n) is 10.0. The molecule has 2 rings (SSSR count). The number of imidazole rings is 1. The minimum absolute atomic E-state index is 0.160. The number of hydrogen-bond donors (Lipinski definition) is 1. The zero-order valence-corrected chi connectivity index (χ0v) is 11.6. The van der Waals surface area contributed by atoms with Crippen molar-refractivity contribution >= 4 is 21.6 Å². The van der Waals surface area contributed by atoms with E-state index >= 15 is 0 Å². The zero-order chi connectivity index (χ0) is 13.0. The van der Waals surface area contributed by atoms with Gasteiger partial charge in [-0.25, -0.2) is 13.4 Å². The van der Waals surface area contributed by atoms with Crippen LogP contribution in [0.2, 0.25) is 0 Å². The minimum Gasteiger partial charge on any atom is -0.335 e. The molecule has 1 fully saturated rings. The second kappa shape index (κ2) is 6.01. The molecular formula is C10H17ClN4O2S. The van der Waals surface area contributed by atoms with Gasteiger partial charge in [0.1, 0.15) is 0 Å². The Labute approximate surface area is 112 Å². The number of aromatic amines is 1. The Bertz CT molecular complexity index is 462. The number of rotatable bonds is 4. The van der Waals surface area contributed by atoms with E-state index in [9.17, 15) is 8.42 Å². The molecule has 0 aromatic carbocycles. The fourth-order valence-corrected chi connectivity index (χ4v) is 3.66. The molecule has 0 bridgehead atoms. The van der Waals surface area contributed by atoms with E-state index in [1.807, 2.05) is 0 Å². The van der Waals surface area contributed by atoms with E-state index in [4.69, 9.17) is 11.6 Å². The molecule has 1 aliphatic heterocycles. The van der Waals surface area contributed by atoms with Gasteiger partial charge >= 0.3 is 0 Å². The molecule has 0 radical (unpaired) electrons. The van der Waals surface area contributed by atoms with Crippen molar-refractivity contribution in [3.8, 4) is 0 Å². The van der Waals surface area contributed by atoms with Gasteiger partial charge in [-0.1, -0.05) is 0 Å². The Morgan fingerprint density at radius 1 is 1.33 bits per heavy atom. The van der Waals surface area contributed by atoms with Crippen LogP contribution in [0.5, 0.6) is 0 Å². The molecule has 1 N–H and O–H groups in total. The molecule has 1 aromatic heterocycles. The van der Waals surface area contributed by atoms with Crippen LogP contribution >= 0.6 is 11.6 Å². The van der Waals surface area contributed by atoms with Crippen LogP contribution in [0.15, 0.2) is 17.6 Å². The van der Waals surface area contributed by atoms with Gasteiger partial charge in [-0.15, -0.1) is 11.6 Å². The van der Waals surface area contributed by atoms with Crippen molar-refractivity contribution in [1.29, 1.82) is 0 Å². The first-order valence-corrected chi connectivity index (χ1v) is 7.89. The van der Waals surface area contributed by atoms with Crippen LogP contribution in [0.25, 0.3) is 0 Å². The van der Waals surface area contributed by atoms with Crippen molar-refractivity contribution in [2.24, 2.45) is 0 Å². The van der Waals surface area contributed by atoms with E-state index in [2.05, 4.69) is 14.9 Å². The van der Waals surface area contributed by atoms with Crippen molar-refractivity contribution in [2.45, 2.75) is 11.4 Å².